The molecule has 0 aliphatic heterocycles. The van der Waals surface area contributed by atoms with Gasteiger partial charge in [0.05, 0.1) is 14.3 Å². The predicted octanol–water partition coefficient (Wildman–Crippen LogP) is 31.2. The molecule has 20 rings (SSSR count). The molecule has 0 amide bonds. The second kappa shape index (κ2) is 50.2. The Morgan fingerprint density at radius 1 is 0.359 bits per heavy atom. The standard InChI is InChI=1S/C25H18NO.C24H18N.C23H18N.C21H22GeN.C20H27FGeN.C14H15FNSi.3Ir/c1-17-11-12-19(14-20(17)13-18-7-3-2-4-8-18)23-15-22-21-9-5-6-10-24(21)27-25(22)16-26-23;1-3-9-19(10-4-1)17-22-18-21(24-13-7-8-16-25-24)14-15-23(22)20-11-5-2-6-12-20;1-17-11-12-20(14-22(17)13-18-7-3-2-4-8-18)23-15-19-9-5-6-10-21(19)16-24-23;1-16-10-12-18(13-11-16)21-14-19(17-8-6-5-7-9-17)20(15-23-21)22(2,3)4;1-14-8-9-16(17(21)10-14)19-11-15(12-20(2,3)4)18(13-23-19)22(5,6)7;1-17(2,3)13-8-9-14(16-10-13)11-4-6-12(15)7-5-11;;;/h2-11,14-16H,13H2,1H3;1-13,15-16,18H,17H2;2-11,14-16H,13H2,1H3;5-12,14-15H,1-4H3;8,10-11,13H,12H2,1-7H3;4,6-10H,1-3H3;;;/q6*-1;;;/i1D3,13D2;17D2;2*1D3;1D3,12D2;;;;. The molecule has 0 saturated heterocycles. The molecule has 13 aromatic carbocycles. The van der Waals surface area contributed by atoms with Crippen LogP contribution in [0, 0.1) is 80.9 Å². The quantitative estimate of drug-likeness (QED) is 0.0624. The van der Waals surface area contributed by atoms with Crippen molar-refractivity contribution in [1.82, 2.24) is 29.9 Å². The third kappa shape index (κ3) is 29.8. The average molecular weight is 2550 g/mol. The number of benzene rings is 13. The van der Waals surface area contributed by atoms with E-state index < -0.39 is 92.4 Å². The van der Waals surface area contributed by atoms with Crippen molar-refractivity contribution in [2.45, 2.75) is 128 Å². The van der Waals surface area contributed by atoms with Crippen LogP contribution in [0.2, 0.25) is 54.2 Å². The molecular formula is C127H118F2Ge2Ir3N6OSi-6. The maximum absolute atomic E-state index is 14.7. The average Bonchev–Trinajstić information content (AvgIpc) is 1.76. The van der Waals surface area contributed by atoms with E-state index in [0.29, 0.717) is 56.6 Å². The first kappa shape index (κ1) is 85.5. The number of fused-ring (bicyclic) bond motifs is 4. The summed E-state index contributed by atoms with van der Waals surface area (Å²) < 4.78 is 180. The molecule has 721 valence electrons. The van der Waals surface area contributed by atoms with E-state index in [0.717, 1.165) is 105 Å². The van der Waals surface area contributed by atoms with Crippen LogP contribution in [0.1, 0.15) is 107 Å². The Labute approximate surface area is 911 Å². The Bertz CT molecular complexity index is 8350. The van der Waals surface area contributed by atoms with Crippen molar-refractivity contribution in [2.24, 2.45) is 5.41 Å². The number of furan rings is 1. The largest absolute Gasteiger partial charge is 0.455 e. The Morgan fingerprint density at radius 2 is 0.859 bits per heavy atom. The summed E-state index contributed by atoms with van der Waals surface area (Å²) in [7, 11) is -1.30. The SMILES string of the molecule is C[Si](C)(C)c1ccc(-c2[c-]cc(F)cc2)nc1.[2H]C([2H])([2H])c1c[c-]c(-c2cc(-c3ccccc3)[c]([Ge]([CH3])([CH3])[CH3])cn2)cc1.[2H]C([2H])([2H])c1c[c-]c(-c2cc(C([2H])([2H])C(C)(C)C)[c]([Ge]([CH3])([CH3])[CH3])cn2)c(F)c1.[2H]C([2H])([2H])c1c[c-]c(-c2cc3c(cn2)oc2ccccc23)cc1C([2H])([2H])c1ccccc1.[2H]C([2H])([2H])c1c[c-]c(-c2cc3ccccc3cn2)cc1Cc1ccccc1.[2H]C([2H])(c1ccccc1)c1cc(-c2ccccn2)[c-]cc1-c1ccccc1.[Ir].[Ir].[Ir]. The fraction of sp³-hybridized carbons (Fsp3) is 0.165. The van der Waals surface area contributed by atoms with Gasteiger partial charge in [0.25, 0.3) is 0 Å². The van der Waals surface area contributed by atoms with E-state index in [1.807, 2.05) is 252 Å². The molecule has 0 aliphatic carbocycles. The van der Waals surface area contributed by atoms with Gasteiger partial charge < -0.3 is 24.4 Å². The third-order valence-corrected chi connectivity index (χ3v) is 33.2. The van der Waals surface area contributed by atoms with Gasteiger partial charge in [-0.3, -0.25) is 4.39 Å². The zero-order valence-corrected chi connectivity index (χ0v) is 93.2. The van der Waals surface area contributed by atoms with Crippen LogP contribution in [0.4, 0.5) is 8.78 Å². The first-order valence-corrected chi connectivity index (χ1v) is 64.1. The topological polar surface area (TPSA) is 90.5 Å². The molecular weight excluding hydrogens is 2410 g/mol. The molecule has 7 nitrogen and oxygen atoms in total. The molecule has 142 heavy (non-hydrogen) atoms. The summed E-state index contributed by atoms with van der Waals surface area (Å²) in [6.07, 6.45) is 6.06. The second-order valence-electron chi connectivity index (χ2n) is 37.6. The zero-order chi connectivity index (χ0) is 113. The molecule has 0 spiro atoms. The van der Waals surface area contributed by atoms with Gasteiger partial charge in [0.1, 0.15) is 5.58 Å². The Kier molecular flexibility index (Phi) is 30.3. The Morgan fingerprint density at radius 3 is 1.45 bits per heavy atom. The number of hydrogen-bond acceptors (Lipinski definition) is 7. The summed E-state index contributed by atoms with van der Waals surface area (Å²) in [4.78, 5) is 26.9. The van der Waals surface area contributed by atoms with Crippen LogP contribution in [0.3, 0.4) is 0 Å². The maximum Gasteiger partial charge on any atom is 0.151 e. The molecule has 7 aromatic heterocycles. The van der Waals surface area contributed by atoms with E-state index in [2.05, 4.69) is 145 Å². The minimum Gasteiger partial charge on any atom is -0.455 e. The number of aromatic nitrogens is 6. The van der Waals surface area contributed by atoms with Gasteiger partial charge in [0.2, 0.25) is 0 Å². The summed E-state index contributed by atoms with van der Waals surface area (Å²) in [5, 5.41) is 5.32. The van der Waals surface area contributed by atoms with Crippen molar-refractivity contribution >= 4 is 81.3 Å². The van der Waals surface area contributed by atoms with Gasteiger partial charge in [-0.2, -0.15) is 0 Å². The normalized spacial score (nSPS) is 13.6. The smallest absolute Gasteiger partial charge is 0.151 e. The van der Waals surface area contributed by atoms with Crippen LogP contribution < -0.4 is 14.0 Å². The number of rotatable bonds is 18. The van der Waals surface area contributed by atoms with Crippen LogP contribution >= 0.6 is 0 Å². The molecule has 3 radical (unpaired) electrons. The molecule has 0 aliphatic rings. The monoisotopic (exact) mass is 2550 g/mol. The second-order valence-corrected chi connectivity index (χ2v) is 63.8. The van der Waals surface area contributed by atoms with Crippen LogP contribution in [0.15, 0.2) is 381 Å². The molecule has 0 unspecified atom stereocenters. The molecule has 0 N–H and O–H groups in total. The van der Waals surface area contributed by atoms with Crippen LogP contribution in [0.25, 0.3) is 123 Å². The van der Waals surface area contributed by atoms with Gasteiger partial charge in [-0.1, -0.05) is 245 Å². The summed E-state index contributed by atoms with van der Waals surface area (Å²) in [5.74, 6) is 12.6. The van der Waals surface area contributed by atoms with E-state index in [4.69, 9.17) is 29.1 Å². The van der Waals surface area contributed by atoms with Gasteiger partial charge in [0, 0.05) is 109 Å². The number of pyridine rings is 6. The predicted molar refractivity (Wildman–Crippen MR) is 585 cm³/mol. The first-order valence-electron chi connectivity index (χ1n) is 54.9. The Balaban J connectivity index is 0.000000169. The third-order valence-electron chi connectivity index (χ3n) is 22.7. The fourth-order valence-electron chi connectivity index (χ4n) is 15.4. The number of nitrogens with zero attached hydrogens (tertiary/aromatic N) is 6. The first-order chi connectivity index (χ1) is 74.0. The van der Waals surface area contributed by atoms with Gasteiger partial charge in [0.15, 0.2) is 5.58 Å². The van der Waals surface area contributed by atoms with Crippen molar-refractivity contribution in [3.63, 3.8) is 0 Å². The van der Waals surface area contributed by atoms with Gasteiger partial charge >= 0.3 is 295 Å². The summed E-state index contributed by atoms with van der Waals surface area (Å²) in [5.41, 5.74) is 17.3. The van der Waals surface area contributed by atoms with E-state index >= 15 is 0 Å². The van der Waals surface area contributed by atoms with E-state index in [1.54, 1.807) is 91.4 Å². The number of aryl methyl sites for hydroxylation is 4. The van der Waals surface area contributed by atoms with Gasteiger partial charge in [-0.15, -0.1) is 129 Å². The minimum absolute atomic E-state index is 0. The van der Waals surface area contributed by atoms with Crippen molar-refractivity contribution in [2.75, 3.05) is 0 Å². The van der Waals surface area contributed by atoms with Gasteiger partial charge in [-0.05, 0) is 86.7 Å². The Hall–Kier alpha value is -12.1. The van der Waals surface area contributed by atoms with Crippen molar-refractivity contribution in [3.8, 4) is 89.8 Å². The molecule has 20 aromatic rings. The van der Waals surface area contributed by atoms with E-state index in [9.17, 15) is 8.78 Å². The molecule has 7 heterocycles. The summed E-state index contributed by atoms with van der Waals surface area (Å²) in [6, 6.07) is 121. The molecule has 15 heteroatoms. The minimum atomic E-state index is -2.48. The summed E-state index contributed by atoms with van der Waals surface area (Å²) >= 11 is -4.57. The van der Waals surface area contributed by atoms with Crippen molar-refractivity contribution in [1.29, 1.82) is 0 Å². The molecule has 0 atom stereocenters. The van der Waals surface area contributed by atoms with E-state index in [-0.39, 0.29) is 94.1 Å². The fourth-order valence-corrected chi connectivity index (χ4v) is 22.5. The van der Waals surface area contributed by atoms with E-state index in [1.165, 1.54) is 45.0 Å². The molecule has 0 fully saturated rings. The summed E-state index contributed by atoms with van der Waals surface area (Å²) in [6.45, 7) is 3.19. The zero-order valence-electron chi connectivity index (χ0n) is 98.9. The van der Waals surface area contributed by atoms with Crippen LogP contribution in [-0.4, -0.2) is 64.5 Å². The molecule has 0 saturated carbocycles. The molecule has 0 bridgehead atoms. The number of halogens is 2. The number of hydrogen-bond donors (Lipinski definition) is 0. The maximum atomic E-state index is 14.7. The van der Waals surface area contributed by atoms with Crippen LogP contribution in [-0.2, 0) is 85.9 Å². The van der Waals surface area contributed by atoms with Crippen molar-refractivity contribution < 1.29 is 98.2 Å². The number of para-hydroxylation sites is 1. The van der Waals surface area contributed by atoms with Gasteiger partial charge in [-0.25, -0.2) is 0 Å². The van der Waals surface area contributed by atoms with Crippen molar-refractivity contribution in [3.05, 3.63) is 486 Å². The van der Waals surface area contributed by atoms with Crippen LogP contribution in [0.5, 0.6) is 0 Å².